The number of nitrogens with zero attached hydrogens (tertiary/aromatic N) is 1. The molecule has 0 unspecified atom stereocenters. The molecule has 0 N–H and O–H groups in total. The van der Waals surface area contributed by atoms with Gasteiger partial charge in [-0.2, -0.15) is 15.6 Å². The van der Waals surface area contributed by atoms with Gasteiger partial charge in [0.2, 0.25) is 10.0 Å². The van der Waals surface area contributed by atoms with Crippen LogP contribution in [0.2, 0.25) is 5.02 Å². The normalized spacial score (nSPS) is 11.9. The minimum absolute atomic E-state index is 0.143. The van der Waals surface area contributed by atoms with Crippen molar-refractivity contribution >= 4 is 33.0 Å². The zero-order valence-corrected chi connectivity index (χ0v) is 12.1. The Morgan fingerprint density at radius 1 is 1.28 bits per heavy atom. The van der Waals surface area contributed by atoms with E-state index in [1.54, 1.807) is 36.6 Å². The van der Waals surface area contributed by atoms with E-state index in [0.29, 0.717) is 6.54 Å². The van der Waals surface area contributed by atoms with Gasteiger partial charge in [-0.3, -0.25) is 0 Å². The van der Waals surface area contributed by atoms with E-state index in [4.69, 9.17) is 11.6 Å². The van der Waals surface area contributed by atoms with E-state index in [1.807, 2.05) is 16.8 Å². The van der Waals surface area contributed by atoms with E-state index in [9.17, 15) is 8.42 Å². The van der Waals surface area contributed by atoms with Crippen LogP contribution in [0.15, 0.2) is 46.0 Å². The van der Waals surface area contributed by atoms with Crippen LogP contribution in [0.25, 0.3) is 0 Å². The number of hydrogen-bond donors (Lipinski definition) is 0. The minimum Gasteiger partial charge on any atom is -0.207 e. The first kappa shape index (κ1) is 13.5. The van der Waals surface area contributed by atoms with Crippen molar-refractivity contribution < 1.29 is 8.42 Å². The number of rotatable bonds is 4. The molecule has 18 heavy (non-hydrogen) atoms. The van der Waals surface area contributed by atoms with E-state index >= 15 is 0 Å². The molecule has 0 bridgehead atoms. The first-order valence-electron chi connectivity index (χ1n) is 5.24. The van der Waals surface area contributed by atoms with E-state index in [-0.39, 0.29) is 9.92 Å². The molecule has 0 atom stereocenters. The molecule has 0 amide bonds. The Morgan fingerprint density at radius 3 is 2.61 bits per heavy atom. The fourth-order valence-corrected chi connectivity index (χ4v) is 3.85. The predicted octanol–water partition coefficient (Wildman–Crippen LogP) is 3.22. The highest BCUT2D eigenvalue weighted by molar-refractivity contribution is 7.89. The zero-order chi connectivity index (χ0) is 13.2. The average Bonchev–Trinajstić information content (AvgIpc) is 2.82. The second-order valence-electron chi connectivity index (χ2n) is 3.82. The number of hydrogen-bond acceptors (Lipinski definition) is 3. The van der Waals surface area contributed by atoms with Crippen molar-refractivity contribution in [3.05, 3.63) is 51.7 Å². The molecule has 1 aromatic carbocycles. The van der Waals surface area contributed by atoms with Crippen molar-refractivity contribution in [3.8, 4) is 0 Å². The maximum atomic E-state index is 12.3. The van der Waals surface area contributed by atoms with Crippen LogP contribution in [0, 0.1) is 0 Å². The quantitative estimate of drug-likeness (QED) is 0.869. The van der Waals surface area contributed by atoms with Crippen LogP contribution in [0.3, 0.4) is 0 Å². The van der Waals surface area contributed by atoms with Gasteiger partial charge < -0.3 is 0 Å². The van der Waals surface area contributed by atoms with Crippen molar-refractivity contribution in [2.24, 2.45) is 0 Å². The topological polar surface area (TPSA) is 37.4 Å². The summed E-state index contributed by atoms with van der Waals surface area (Å²) in [5, 5.41) is 4.10. The van der Waals surface area contributed by atoms with Gasteiger partial charge in [0.05, 0.1) is 5.02 Å². The second-order valence-corrected chi connectivity index (χ2v) is 7.02. The summed E-state index contributed by atoms with van der Waals surface area (Å²) in [5.41, 5.74) is 0.970. The number of benzene rings is 1. The number of halogens is 1. The summed E-state index contributed by atoms with van der Waals surface area (Å²) in [5.74, 6) is 0. The molecule has 0 saturated heterocycles. The first-order valence-corrected chi connectivity index (χ1v) is 8.00. The Balaban J connectivity index is 2.29. The SMILES string of the molecule is CN(Cc1ccsc1)S(=O)(=O)c1ccccc1Cl. The van der Waals surface area contributed by atoms with Gasteiger partial charge in [0.15, 0.2) is 0 Å². The lowest BCUT2D eigenvalue weighted by Crippen LogP contribution is -2.26. The molecule has 0 spiro atoms. The summed E-state index contributed by atoms with van der Waals surface area (Å²) in [7, 11) is -1.99. The van der Waals surface area contributed by atoms with Crippen LogP contribution < -0.4 is 0 Å². The third kappa shape index (κ3) is 2.75. The van der Waals surface area contributed by atoms with Crippen LogP contribution in [0.1, 0.15) is 5.56 Å². The first-order chi connectivity index (χ1) is 8.51. The zero-order valence-electron chi connectivity index (χ0n) is 9.71. The molecule has 6 heteroatoms. The minimum atomic E-state index is -3.54. The fraction of sp³-hybridized carbons (Fsp3) is 0.167. The van der Waals surface area contributed by atoms with Crippen LogP contribution in [0.4, 0.5) is 0 Å². The Morgan fingerprint density at radius 2 is 2.00 bits per heavy atom. The molecule has 0 aliphatic rings. The molecule has 2 aromatic rings. The van der Waals surface area contributed by atoms with Gasteiger partial charge >= 0.3 is 0 Å². The molecule has 3 nitrogen and oxygen atoms in total. The van der Waals surface area contributed by atoms with Crippen molar-refractivity contribution in [2.45, 2.75) is 11.4 Å². The Labute approximate surface area is 116 Å². The molecule has 96 valence electrons. The maximum Gasteiger partial charge on any atom is 0.244 e. The van der Waals surface area contributed by atoms with Crippen LogP contribution in [0.5, 0.6) is 0 Å². The Bertz CT molecular complexity index is 623. The summed E-state index contributed by atoms with van der Waals surface area (Å²) in [6, 6.07) is 8.37. The third-order valence-corrected chi connectivity index (χ3v) is 5.55. The molecule has 1 heterocycles. The van der Waals surface area contributed by atoms with Gasteiger partial charge in [0.1, 0.15) is 4.90 Å². The predicted molar refractivity (Wildman–Crippen MR) is 74.4 cm³/mol. The van der Waals surface area contributed by atoms with Gasteiger partial charge in [-0.05, 0) is 34.5 Å². The lowest BCUT2D eigenvalue weighted by atomic mass is 10.3. The van der Waals surface area contributed by atoms with Crippen molar-refractivity contribution in [2.75, 3.05) is 7.05 Å². The highest BCUT2D eigenvalue weighted by Crippen LogP contribution is 2.24. The summed E-state index contributed by atoms with van der Waals surface area (Å²) in [6.07, 6.45) is 0. The van der Waals surface area contributed by atoms with Crippen LogP contribution >= 0.6 is 22.9 Å². The van der Waals surface area contributed by atoms with Gasteiger partial charge in [-0.25, -0.2) is 8.42 Å². The second kappa shape index (κ2) is 5.40. The molecule has 2 rings (SSSR count). The third-order valence-electron chi connectivity index (χ3n) is 2.51. The molecule has 0 aliphatic heterocycles. The lowest BCUT2D eigenvalue weighted by molar-refractivity contribution is 0.467. The van der Waals surface area contributed by atoms with Crippen molar-refractivity contribution in [1.29, 1.82) is 0 Å². The molecule has 0 aliphatic carbocycles. The van der Waals surface area contributed by atoms with E-state index < -0.39 is 10.0 Å². The summed E-state index contributed by atoms with van der Waals surface area (Å²) < 4.78 is 26.0. The van der Waals surface area contributed by atoms with Gasteiger partial charge in [-0.1, -0.05) is 23.7 Å². The fourth-order valence-electron chi connectivity index (χ4n) is 1.55. The Hall–Kier alpha value is -0.880. The maximum absolute atomic E-state index is 12.3. The molecule has 0 saturated carbocycles. The number of thiophene rings is 1. The van der Waals surface area contributed by atoms with E-state index in [0.717, 1.165) is 5.56 Å². The van der Waals surface area contributed by atoms with Gasteiger partial charge in [0, 0.05) is 13.6 Å². The smallest absolute Gasteiger partial charge is 0.207 e. The van der Waals surface area contributed by atoms with Crippen molar-refractivity contribution in [3.63, 3.8) is 0 Å². The molecule has 0 fully saturated rings. The molecular formula is C12H12ClNO2S2. The van der Waals surface area contributed by atoms with E-state index in [1.165, 1.54) is 10.4 Å². The lowest BCUT2D eigenvalue weighted by Gasteiger charge is -2.17. The average molecular weight is 302 g/mol. The summed E-state index contributed by atoms with van der Waals surface area (Å²) >= 11 is 7.47. The monoisotopic (exact) mass is 301 g/mol. The largest absolute Gasteiger partial charge is 0.244 e. The van der Waals surface area contributed by atoms with Gasteiger partial charge in [0.25, 0.3) is 0 Å². The van der Waals surface area contributed by atoms with Crippen LogP contribution in [-0.2, 0) is 16.6 Å². The van der Waals surface area contributed by atoms with E-state index in [2.05, 4.69) is 0 Å². The summed E-state index contributed by atoms with van der Waals surface area (Å²) in [6.45, 7) is 0.344. The highest BCUT2D eigenvalue weighted by Gasteiger charge is 2.23. The molecule has 1 aromatic heterocycles. The summed E-state index contributed by atoms with van der Waals surface area (Å²) in [4.78, 5) is 0.143. The standard InChI is InChI=1S/C12H12ClNO2S2/c1-14(8-10-6-7-17-9-10)18(15,16)12-5-3-2-4-11(12)13/h2-7,9H,8H2,1H3. The van der Waals surface area contributed by atoms with Crippen molar-refractivity contribution in [1.82, 2.24) is 4.31 Å². The molecule has 0 radical (unpaired) electrons. The Kier molecular flexibility index (Phi) is 4.07. The highest BCUT2D eigenvalue weighted by atomic mass is 35.5. The molecular weight excluding hydrogens is 290 g/mol. The van der Waals surface area contributed by atoms with Gasteiger partial charge in [-0.15, -0.1) is 0 Å². The number of sulfonamides is 1. The van der Waals surface area contributed by atoms with Crippen LogP contribution in [-0.4, -0.2) is 19.8 Å².